The molecular formula is C9H18ClNO. The van der Waals surface area contributed by atoms with Crippen LogP contribution in [0.5, 0.6) is 0 Å². The number of rotatable bonds is 5. The predicted octanol–water partition coefficient (Wildman–Crippen LogP) is 1.73. The van der Waals surface area contributed by atoms with E-state index >= 15 is 0 Å². The number of nitrogens with zero attached hydrogens (tertiary/aromatic N) is 1. The molecule has 1 aliphatic heterocycles. The summed E-state index contributed by atoms with van der Waals surface area (Å²) >= 11 is 5.60. The Morgan fingerprint density at radius 2 is 2.33 bits per heavy atom. The fourth-order valence-electron chi connectivity index (χ4n) is 1.62. The molecule has 1 rings (SSSR count). The average Bonchev–Trinajstić information content (AvgIpc) is 2.53. The molecule has 0 aromatic heterocycles. The van der Waals surface area contributed by atoms with Gasteiger partial charge in [-0.1, -0.05) is 0 Å². The Bertz CT molecular complexity index is 121. The van der Waals surface area contributed by atoms with Gasteiger partial charge in [-0.05, 0) is 25.8 Å². The molecule has 0 spiro atoms. The second-order valence-electron chi connectivity index (χ2n) is 3.34. The van der Waals surface area contributed by atoms with Crippen LogP contribution in [0.4, 0.5) is 0 Å². The molecule has 12 heavy (non-hydrogen) atoms. The molecule has 3 heteroatoms. The lowest BCUT2D eigenvalue weighted by atomic mass is 10.3. The van der Waals surface area contributed by atoms with Crippen molar-refractivity contribution in [2.24, 2.45) is 0 Å². The maximum absolute atomic E-state index is 5.60. The van der Waals surface area contributed by atoms with Crippen LogP contribution in [-0.2, 0) is 4.74 Å². The second kappa shape index (κ2) is 5.79. The van der Waals surface area contributed by atoms with E-state index in [0.29, 0.717) is 6.10 Å². The molecule has 0 aromatic rings. The van der Waals surface area contributed by atoms with Crippen molar-refractivity contribution in [3.8, 4) is 0 Å². The minimum Gasteiger partial charge on any atom is -0.380 e. The summed E-state index contributed by atoms with van der Waals surface area (Å²) in [5.41, 5.74) is 0. The van der Waals surface area contributed by atoms with Gasteiger partial charge < -0.3 is 9.64 Å². The van der Waals surface area contributed by atoms with Crippen molar-refractivity contribution < 1.29 is 4.74 Å². The van der Waals surface area contributed by atoms with Crippen molar-refractivity contribution in [2.45, 2.75) is 25.4 Å². The first-order valence-corrected chi connectivity index (χ1v) is 5.21. The average molecular weight is 192 g/mol. The summed E-state index contributed by atoms with van der Waals surface area (Å²) in [7, 11) is 1.80. The summed E-state index contributed by atoms with van der Waals surface area (Å²) in [6.07, 6.45) is 4.02. The number of unbranched alkanes of at least 4 members (excludes halogenated alkanes) is 1. The lowest BCUT2D eigenvalue weighted by Crippen LogP contribution is -2.23. The van der Waals surface area contributed by atoms with E-state index in [-0.39, 0.29) is 0 Å². The van der Waals surface area contributed by atoms with Gasteiger partial charge in [-0.25, -0.2) is 0 Å². The number of hydrogen-bond acceptors (Lipinski definition) is 2. The molecular weight excluding hydrogens is 174 g/mol. The van der Waals surface area contributed by atoms with Gasteiger partial charge in [0.1, 0.15) is 0 Å². The monoisotopic (exact) mass is 191 g/mol. The van der Waals surface area contributed by atoms with Crippen LogP contribution < -0.4 is 0 Å². The van der Waals surface area contributed by atoms with Gasteiger partial charge in [0.15, 0.2) is 0 Å². The van der Waals surface area contributed by atoms with E-state index in [4.69, 9.17) is 16.3 Å². The Morgan fingerprint density at radius 3 is 2.92 bits per heavy atom. The normalized spacial score (nSPS) is 25.0. The lowest BCUT2D eigenvalue weighted by Gasteiger charge is -2.14. The molecule has 0 aromatic carbocycles. The highest BCUT2D eigenvalue weighted by Gasteiger charge is 2.20. The first-order valence-electron chi connectivity index (χ1n) is 4.68. The smallest absolute Gasteiger partial charge is 0.0710 e. The van der Waals surface area contributed by atoms with E-state index in [1.807, 2.05) is 0 Å². The van der Waals surface area contributed by atoms with Gasteiger partial charge in [-0.15, -0.1) is 11.6 Å². The molecule has 1 saturated heterocycles. The third-order valence-corrected chi connectivity index (χ3v) is 2.69. The van der Waals surface area contributed by atoms with Gasteiger partial charge >= 0.3 is 0 Å². The largest absolute Gasteiger partial charge is 0.380 e. The molecule has 0 radical (unpaired) electrons. The van der Waals surface area contributed by atoms with Crippen molar-refractivity contribution >= 4 is 11.6 Å². The van der Waals surface area contributed by atoms with Gasteiger partial charge in [0.05, 0.1) is 6.10 Å². The van der Waals surface area contributed by atoms with Crippen LogP contribution in [0.3, 0.4) is 0 Å². The van der Waals surface area contributed by atoms with Gasteiger partial charge in [0, 0.05) is 26.1 Å². The molecule has 0 N–H and O–H groups in total. The number of alkyl halides is 1. The van der Waals surface area contributed by atoms with Crippen LogP contribution in [0.2, 0.25) is 0 Å². The van der Waals surface area contributed by atoms with Gasteiger partial charge in [0.25, 0.3) is 0 Å². The first kappa shape index (κ1) is 10.3. The maximum atomic E-state index is 5.60. The zero-order valence-corrected chi connectivity index (χ0v) is 8.52. The summed E-state index contributed by atoms with van der Waals surface area (Å²) in [5, 5.41) is 0. The van der Waals surface area contributed by atoms with E-state index < -0.39 is 0 Å². The highest BCUT2D eigenvalue weighted by Crippen LogP contribution is 2.12. The molecule has 0 saturated carbocycles. The molecule has 1 fully saturated rings. The molecule has 0 aliphatic carbocycles. The standard InChI is InChI=1S/C9H18ClNO/c1-12-9-4-7-11(8-9)6-3-2-5-10/h9H,2-8H2,1H3. The second-order valence-corrected chi connectivity index (χ2v) is 3.72. The van der Waals surface area contributed by atoms with Crippen molar-refractivity contribution in [2.75, 3.05) is 32.6 Å². The zero-order chi connectivity index (χ0) is 8.81. The van der Waals surface area contributed by atoms with E-state index in [1.54, 1.807) is 7.11 Å². The molecule has 2 nitrogen and oxygen atoms in total. The molecule has 1 heterocycles. The number of ether oxygens (including phenoxy) is 1. The minimum absolute atomic E-state index is 0.473. The summed E-state index contributed by atoms with van der Waals surface area (Å²) < 4.78 is 5.28. The van der Waals surface area contributed by atoms with E-state index in [9.17, 15) is 0 Å². The van der Waals surface area contributed by atoms with Crippen LogP contribution in [0.25, 0.3) is 0 Å². The Hall–Kier alpha value is 0.210. The van der Waals surface area contributed by atoms with Crippen molar-refractivity contribution in [1.82, 2.24) is 4.90 Å². The van der Waals surface area contributed by atoms with Crippen molar-refractivity contribution in [3.05, 3.63) is 0 Å². The third kappa shape index (κ3) is 3.30. The fraction of sp³-hybridized carbons (Fsp3) is 1.00. The minimum atomic E-state index is 0.473. The van der Waals surface area contributed by atoms with Crippen LogP contribution in [0.1, 0.15) is 19.3 Å². The van der Waals surface area contributed by atoms with Crippen molar-refractivity contribution in [3.63, 3.8) is 0 Å². The maximum Gasteiger partial charge on any atom is 0.0710 e. The zero-order valence-electron chi connectivity index (χ0n) is 7.76. The Morgan fingerprint density at radius 1 is 1.50 bits per heavy atom. The summed E-state index contributed by atoms with van der Waals surface area (Å²) in [5.74, 6) is 0.793. The molecule has 1 aliphatic rings. The van der Waals surface area contributed by atoms with Crippen LogP contribution in [0, 0.1) is 0 Å². The number of hydrogen-bond donors (Lipinski definition) is 0. The Kier molecular flexibility index (Phi) is 4.96. The molecule has 0 amide bonds. The van der Waals surface area contributed by atoms with Crippen LogP contribution >= 0.6 is 11.6 Å². The molecule has 0 bridgehead atoms. The van der Waals surface area contributed by atoms with Gasteiger partial charge in [0.2, 0.25) is 0 Å². The Balaban J connectivity index is 2.03. The molecule has 1 atom stereocenters. The van der Waals surface area contributed by atoms with Gasteiger partial charge in [-0.3, -0.25) is 0 Å². The van der Waals surface area contributed by atoms with Gasteiger partial charge in [-0.2, -0.15) is 0 Å². The Labute approximate surface area is 79.8 Å². The highest BCUT2D eigenvalue weighted by molar-refractivity contribution is 6.17. The molecule has 72 valence electrons. The quantitative estimate of drug-likeness (QED) is 0.485. The van der Waals surface area contributed by atoms with Crippen molar-refractivity contribution in [1.29, 1.82) is 0 Å². The van der Waals surface area contributed by atoms with Crippen LogP contribution in [0.15, 0.2) is 0 Å². The summed E-state index contributed by atoms with van der Waals surface area (Å²) in [4.78, 5) is 2.46. The van der Waals surface area contributed by atoms with E-state index in [0.717, 1.165) is 18.8 Å². The lowest BCUT2D eigenvalue weighted by molar-refractivity contribution is 0.108. The predicted molar refractivity (Wildman–Crippen MR) is 51.8 cm³/mol. The summed E-state index contributed by atoms with van der Waals surface area (Å²) in [6.45, 7) is 3.49. The van der Waals surface area contributed by atoms with E-state index in [2.05, 4.69) is 4.90 Å². The first-order chi connectivity index (χ1) is 5.86. The topological polar surface area (TPSA) is 12.5 Å². The molecule has 1 unspecified atom stereocenters. The highest BCUT2D eigenvalue weighted by atomic mass is 35.5. The number of methoxy groups -OCH3 is 1. The fourth-order valence-corrected chi connectivity index (χ4v) is 1.81. The number of likely N-dealkylation sites (tertiary alicyclic amines) is 1. The summed E-state index contributed by atoms with van der Waals surface area (Å²) in [6, 6.07) is 0. The number of halogens is 1. The third-order valence-electron chi connectivity index (χ3n) is 2.42. The van der Waals surface area contributed by atoms with Crippen LogP contribution in [-0.4, -0.2) is 43.6 Å². The van der Waals surface area contributed by atoms with E-state index in [1.165, 1.54) is 25.9 Å². The SMILES string of the molecule is COC1CCN(CCCCCl)C1.